The standard InChI is InChI=1S/C24H21F3N4O4/c1-34-18-6-7-20(19(10-18)24(25,26)27)35-17-4-2-15(3-5-17)11-30-22(33)23(8-9-23)31-21(32)16-12-28-14-29-13-16/h2-7,10,12-14H,8-9,11H2,1H3,(H,30,33)(H,31,32). The highest BCUT2D eigenvalue weighted by Crippen LogP contribution is 2.40. The van der Waals surface area contributed by atoms with Crippen molar-refractivity contribution in [1.82, 2.24) is 20.6 Å². The maximum atomic E-state index is 13.4. The van der Waals surface area contributed by atoms with Crippen molar-refractivity contribution in [3.8, 4) is 17.2 Å². The zero-order chi connectivity index (χ0) is 25.1. The van der Waals surface area contributed by atoms with Crippen LogP contribution in [0.5, 0.6) is 17.2 Å². The van der Waals surface area contributed by atoms with Gasteiger partial charge in [0.05, 0.1) is 12.7 Å². The van der Waals surface area contributed by atoms with E-state index in [-0.39, 0.29) is 35.3 Å². The molecular weight excluding hydrogens is 465 g/mol. The minimum atomic E-state index is -4.62. The van der Waals surface area contributed by atoms with Gasteiger partial charge in [-0.25, -0.2) is 9.97 Å². The molecule has 0 radical (unpaired) electrons. The predicted molar refractivity (Wildman–Crippen MR) is 118 cm³/mol. The fourth-order valence-electron chi connectivity index (χ4n) is 3.34. The van der Waals surface area contributed by atoms with Crippen molar-refractivity contribution < 1.29 is 32.2 Å². The lowest BCUT2D eigenvalue weighted by Gasteiger charge is -2.17. The van der Waals surface area contributed by atoms with Crippen molar-refractivity contribution >= 4 is 11.8 Å². The van der Waals surface area contributed by atoms with E-state index in [2.05, 4.69) is 20.6 Å². The van der Waals surface area contributed by atoms with Crippen LogP contribution in [0.1, 0.15) is 34.3 Å². The average molecular weight is 486 g/mol. The lowest BCUT2D eigenvalue weighted by Crippen LogP contribution is -2.48. The highest BCUT2D eigenvalue weighted by Gasteiger charge is 2.51. The fourth-order valence-corrected chi connectivity index (χ4v) is 3.34. The predicted octanol–water partition coefficient (Wildman–Crippen LogP) is 3.88. The molecular formula is C24H21F3N4O4. The Morgan fingerprint density at radius 3 is 2.29 bits per heavy atom. The van der Waals surface area contributed by atoms with E-state index in [0.29, 0.717) is 18.4 Å². The number of rotatable bonds is 8. The van der Waals surface area contributed by atoms with Crippen molar-refractivity contribution in [3.63, 3.8) is 0 Å². The molecule has 0 atom stereocenters. The molecule has 3 aromatic rings. The first-order valence-corrected chi connectivity index (χ1v) is 10.6. The number of hydrogen-bond donors (Lipinski definition) is 2. The molecule has 1 aliphatic rings. The van der Waals surface area contributed by atoms with Gasteiger partial charge in [-0.1, -0.05) is 12.1 Å². The first kappa shape index (κ1) is 24.0. The topological polar surface area (TPSA) is 102 Å². The van der Waals surface area contributed by atoms with Crippen LogP contribution in [-0.4, -0.2) is 34.4 Å². The van der Waals surface area contributed by atoms with Crippen LogP contribution < -0.4 is 20.1 Å². The molecule has 1 saturated carbocycles. The van der Waals surface area contributed by atoms with Gasteiger partial charge in [0.1, 0.15) is 34.7 Å². The van der Waals surface area contributed by atoms with Gasteiger partial charge >= 0.3 is 6.18 Å². The highest BCUT2D eigenvalue weighted by atomic mass is 19.4. The summed E-state index contributed by atoms with van der Waals surface area (Å²) in [6, 6.07) is 9.73. The van der Waals surface area contributed by atoms with Gasteiger partial charge in [0.2, 0.25) is 5.91 Å². The van der Waals surface area contributed by atoms with Crippen LogP contribution in [0.3, 0.4) is 0 Å². The van der Waals surface area contributed by atoms with Crippen molar-refractivity contribution in [3.05, 3.63) is 77.9 Å². The molecule has 0 unspecified atom stereocenters. The monoisotopic (exact) mass is 486 g/mol. The molecule has 0 spiro atoms. The molecule has 1 aliphatic carbocycles. The summed E-state index contributed by atoms with van der Waals surface area (Å²) in [4.78, 5) is 32.6. The van der Waals surface area contributed by atoms with Crippen molar-refractivity contribution in [1.29, 1.82) is 0 Å². The number of aromatic nitrogens is 2. The Bertz CT molecular complexity index is 1210. The van der Waals surface area contributed by atoms with Gasteiger partial charge in [0, 0.05) is 18.9 Å². The molecule has 1 heterocycles. The zero-order valence-corrected chi connectivity index (χ0v) is 18.6. The minimum absolute atomic E-state index is 0.0671. The summed E-state index contributed by atoms with van der Waals surface area (Å²) in [6.45, 7) is 0.168. The number of alkyl halides is 3. The first-order chi connectivity index (χ1) is 16.7. The van der Waals surface area contributed by atoms with E-state index in [1.165, 1.54) is 50.1 Å². The number of hydrogen-bond acceptors (Lipinski definition) is 6. The Labute approximate surface area is 198 Å². The van der Waals surface area contributed by atoms with E-state index in [9.17, 15) is 22.8 Å². The van der Waals surface area contributed by atoms with Crippen molar-refractivity contribution in [2.24, 2.45) is 0 Å². The number of nitrogens with zero attached hydrogens (tertiary/aromatic N) is 2. The van der Waals surface area contributed by atoms with Crippen LogP contribution in [0.25, 0.3) is 0 Å². The number of carbonyl (C=O) groups is 2. The summed E-state index contributed by atoms with van der Waals surface area (Å²) >= 11 is 0. The van der Waals surface area contributed by atoms with Gasteiger partial charge in [-0.15, -0.1) is 0 Å². The van der Waals surface area contributed by atoms with Gasteiger partial charge < -0.3 is 20.1 Å². The molecule has 1 aromatic heterocycles. The summed E-state index contributed by atoms with van der Waals surface area (Å²) in [5.41, 5.74) is -0.965. The van der Waals surface area contributed by atoms with E-state index in [0.717, 1.165) is 6.07 Å². The van der Waals surface area contributed by atoms with Gasteiger partial charge in [-0.05, 0) is 48.7 Å². The Morgan fingerprint density at radius 2 is 1.69 bits per heavy atom. The third kappa shape index (κ3) is 5.68. The molecule has 2 N–H and O–H groups in total. The van der Waals surface area contributed by atoms with Gasteiger partial charge in [0.15, 0.2) is 0 Å². The Morgan fingerprint density at radius 1 is 1.03 bits per heavy atom. The van der Waals surface area contributed by atoms with Gasteiger partial charge in [-0.3, -0.25) is 9.59 Å². The zero-order valence-electron chi connectivity index (χ0n) is 18.6. The van der Waals surface area contributed by atoms with Crippen molar-refractivity contribution in [2.75, 3.05) is 7.11 Å². The summed E-state index contributed by atoms with van der Waals surface area (Å²) in [5, 5.41) is 5.51. The first-order valence-electron chi connectivity index (χ1n) is 10.6. The SMILES string of the molecule is COc1ccc(Oc2ccc(CNC(=O)C3(NC(=O)c4cncnc4)CC3)cc2)c(C(F)(F)F)c1. The number of ether oxygens (including phenoxy) is 2. The van der Waals surface area contributed by atoms with Crippen LogP contribution in [0, 0.1) is 0 Å². The maximum absolute atomic E-state index is 13.4. The van der Waals surface area contributed by atoms with E-state index < -0.39 is 23.2 Å². The summed E-state index contributed by atoms with van der Waals surface area (Å²) in [7, 11) is 1.28. The fraction of sp³-hybridized carbons (Fsp3) is 0.250. The second-order valence-corrected chi connectivity index (χ2v) is 7.95. The smallest absolute Gasteiger partial charge is 0.420 e. The van der Waals surface area contributed by atoms with Crippen LogP contribution in [0.4, 0.5) is 13.2 Å². The van der Waals surface area contributed by atoms with E-state index in [1.54, 1.807) is 12.1 Å². The van der Waals surface area contributed by atoms with Gasteiger partial charge in [0.25, 0.3) is 5.91 Å². The molecule has 2 amide bonds. The molecule has 0 aliphatic heterocycles. The minimum Gasteiger partial charge on any atom is -0.497 e. The molecule has 182 valence electrons. The second-order valence-electron chi connectivity index (χ2n) is 7.95. The quantitative estimate of drug-likeness (QED) is 0.501. The number of halogens is 3. The number of amides is 2. The summed E-state index contributed by atoms with van der Waals surface area (Å²) in [5.74, 6) is -0.841. The Hall–Kier alpha value is -4.15. The third-order valence-electron chi connectivity index (χ3n) is 5.46. The number of nitrogens with one attached hydrogen (secondary N) is 2. The van der Waals surface area contributed by atoms with E-state index >= 15 is 0 Å². The van der Waals surface area contributed by atoms with E-state index in [4.69, 9.17) is 9.47 Å². The molecule has 2 aromatic carbocycles. The highest BCUT2D eigenvalue weighted by molar-refractivity contribution is 6.00. The number of benzene rings is 2. The average Bonchev–Trinajstić information content (AvgIpc) is 3.64. The van der Waals surface area contributed by atoms with Crippen LogP contribution in [0.15, 0.2) is 61.2 Å². The van der Waals surface area contributed by atoms with Crippen molar-refractivity contribution in [2.45, 2.75) is 31.1 Å². The lowest BCUT2D eigenvalue weighted by molar-refractivity contribution is -0.138. The van der Waals surface area contributed by atoms with E-state index in [1.807, 2.05) is 0 Å². The van der Waals surface area contributed by atoms with Crippen LogP contribution in [-0.2, 0) is 17.5 Å². The molecule has 0 saturated heterocycles. The summed E-state index contributed by atoms with van der Waals surface area (Å²) in [6.07, 6.45) is 0.435. The molecule has 11 heteroatoms. The third-order valence-corrected chi connectivity index (χ3v) is 5.46. The van der Waals surface area contributed by atoms with Crippen LogP contribution in [0.2, 0.25) is 0 Å². The molecule has 8 nitrogen and oxygen atoms in total. The Balaban J connectivity index is 1.36. The maximum Gasteiger partial charge on any atom is 0.420 e. The summed E-state index contributed by atoms with van der Waals surface area (Å²) < 4.78 is 50.4. The largest absolute Gasteiger partial charge is 0.497 e. The normalized spacial score (nSPS) is 14.1. The Kier molecular flexibility index (Phi) is 6.59. The molecule has 35 heavy (non-hydrogen) atoms. The lowest BCUT2D eigenvalue weighted by atomic mass is 10.1. The molecule has 1 fully saturated rings. The number of methoxy groups -OCH3 is 1. The number of carbonyl (C=O) groups excluding carboxylic acids is 2. The van der Waals surface area contributed by atoms with Gasteiger partial charge in [-0.2, -0.15) is 13.2 Å². The van der Waals surface area contributed by atoms with Crippen LogP contribution >= 0.6 is 0 Å². The molecule has 0 bridgehead atoms. The second kappa shape index (κ2) is 9.61. The molecule has 4 rings (SSSR count).